The van der Waals surface area contributed by atoms with Crippen molar-refractivity contribution in [1.29, 1.82) is 0 Å². The Hall–Kier alpha value is -2.77. The third kappa shape index (κ3) is 3.27. The molecule has 0 fully saturated rings. The predicted octanol–water partition coefficient (Wildman–Crippen LogP) is 1.79. The molecule has 22 heavy (non-hydrogen) atoms. The number of aromatic nitrogens is 2. The van der Waals surface area contributed by atoms with Gasteiger partial charge in [-0.3, -0.25) is 9.48 Å². The average Bonchev–Trinajstić information content (AvgIpc) is 2.47. The summed E-state index contributed by atoms with van der Waals surface area (Å²) in [6.07, 6.45) is -1.59. The number of para-hydroxylation sites is 1. The molecule has 2 rings (SSSR count). The van der Waals surface area contributed by atoms with Gasteiger partial charge < -0.3 is 9.84 Å². The van der Waals surface area contributed by atoms with Crippen molar-refractivity contribution in [2.45, 2.75) is 6.43 Å². The predicted molar refractivity (Wildman–Crippen MR) is 73.4 cm³/mol. The molecule has 1 aromatic heterocycles. The SMILES string of the molecule is Cn1cc(C(=O)O)c(=O)c(-c2ccccc2OCC(F)F)n1. The molecule has 0 radical (unpaired) electrons. The minimum atomic E-state index is -2.67. The van der Waals surface area contributed by atoms with Gasteiger partial charge in [0.25, 0.3) is 6.43 Å². The minimum absolute atomic E-state index is 0.0370. The molecule has 0 aliphatic carbocycles. The van der Waals surface area contributed by atoms with Crippen molar-refractivity contribution in [3.8, 4) is 17.0 Å². The molecule has 0 atom stereocenters. The van der Waals surface area contributed by atoms with E-state index in [4.69, 9.17) is 9.84 Å². The van der Waals surface area contributed by atoms with Crippen molar-refractivity contribution in [3.05, 3.63) is 46.2 Å². The fourth-order valence-electron chi connectivity index (χ4n) is 1.87. The molecule has 1 N–H and O–H groups in total. The van der Waals surface area contributed by atoms with Gasteiger partial charge in [0.15, 0.2) is 0 Å². The van der Waals surface area contributed by atoms with Crippen LogP contribution in [0.3, 0.4) is 0 Å². The molecule has 0 bridgehead atoms. The highest BCUT2D eigenvalue weighted by Gasteiger charge is 2.19. The Labute approximate surface area is 123 Å². The van der Waals surface area contributed by atoms with Gasteiger partial charge in [-0.2, -0.15) is 5.10 Å². The number of ether oxygens (including phenoxy) is 1. The summed E-state index contributed by atoms with van der Waals surface area (Å²) >= 11 is 0. The molecule has 0 spiro atoms. The zero-order valence-electron chi connectivity index (χ0n) is 11.5. The molecule has 1 aromatic carbocycles. The quantitative estimate of drug-likeness (QED) is 0.910. The van der Waals surface area contributed by atoms with Gasteiger partial charge in [-0.15, -0.1) is 0 Å². The molecule has 0 amide bonds. The fourth-order valence-corrected chi connectivity index (χ4v) is 1.87. The molecule has 6 nitrogen and oxygen atoms in total. The van der Waals surface area contributed by atoms with E-state index in [-0.39, 0.29) is 17.0 Å². The van der Waals surface area contributed by atoms with Crippen molar-refractivity contribution in [3.63, 3.8) is 0 Å². The normalized spacial score (nSPS) is 10.7. The van der Waals surface area contributed by atoms with Crippen molar-refractivity contribution < 1.29 is 23.4 Å². The van der Waals surface area contributed by atoms with Crippen molar-refractivity contribution >= 4 is 5.97 Å². The summed E-state index contributed by atoms with van der Waals surface area (Å²) in [4.78, 5) is 23.3. The van der Waals surface area contributed by atoms with Gasteiger partial charge in [0.2, 0.25) is 5.43 Å². The number of carbonyl (C=O) groups is 1. The standard InChI is InChI=1S/C14H12F2N2O4/c1-18-6-9(14(20)21)13(19)12(17-18)8-4-2-3-5-10(8)22-7-11(15)16/h2-6,11H,7H2,1H3,(H,20,21). The number of halogens is 2. The van der Waals surface area contributed by atoms with Crippen LogP contribution in [0.15, 0.2) is 35.3 Å². The van der Waals surface area contributed by atoms with Crippen LogP contribution in [0.25, 0.3) is 11.3 Å². The number of aromatic carboxylic acids is 1. The van der Waals surface area contributed by atoms with Gasteiger partial charge >= 0.3 is 5.97 Å². The molecule has 0 saturated carbocycles. The number of alkyl halides is 2. The topological polar surface area (TPSA) is 81.4 Å². The highest BCUT2D eigenvalue weighted by molar-refractivity contribution is 5.88. The second-order valence-electron chi connectivity index (χ2n) is 4.40. The maximum Gasteiger partial charge on any atom is 0.341 e. The fraction of sp³-hybridized carbons (Fsp3) is 0.214. The van der Waals surface area contributed by atoms with Crippen molar-refractivity contribution in [2.24, 2.45) is 7.05 Å². The van der Waals surface area contributed by atoms with Crippen molar-refractivity contribution in [2.75, 3.05) is 6.61 Å². The number of rotatable bonds is 5. The van der Waals surface area contributed by atoms with Gasteiger partial charge in [0.1, 0.15) is 23.6 Å². The maximum atomic E-state index is 12.3. The summed E-state index contributed by atoms with van der Waals surface area (Å²) in [5, 5.41) is 13.0. The summed E-state index contributed by atoms with van der Waals surface area (Å²) in [6.45, 7) is -0.837. The summed E-state index contributed by atoms with van der Waals surface area (Å²) in [5.74, 6) is -1.36. The zero-order chi connectivity index (χ0) is 16.3. The molecule has 2 aromatic rings. The molecule has 0 aliphatic rings. The zero-order valence-corrected chi connectivity index (χ0v) is 11.5. The molecule has 0 unspecified atom stereocenters. The Morgan fingerprint density at radius 2 is 2.09 bits per heavy atom. The lowest BCUT2D eigenvalue weighted by atomic mass is 10.1. The van der Waals surface area contributed by atoms with E-state index < -0.39 is 30.0 Å². The third-order valence-corrected chi connectivity index (χ3v) is 2.77. The number of hydrogen-bond acceptors (Lipinski definition) is 4. The Morgan fingerprint density at radius 1 is 1.41 bits per heavy atom. The maximum absolute atomic E-state index is 12.3. The monoisotopic (exact) mass is 310 g/mol. The Morgan fingerprint density at radius 3 is 2.73 bits per heavy atom. The molecular formula is C14H12F2N2O4. The first-order valence-electron chi connectivity index (χ1n) is 6.21. The first kappa shape index (κ1) is 15.6. The van der Waals surface area contributed by atoms with Crippen LogP contribution in [0.5, 0.6) is 5.75 Å². The van der Waals surface area contributed by atoms with E-state index in [9.17, 15) is 18.4 Å². The first-order chi connectivity index (χ1) is 10.4. The van der Waals surface area contributed by atoms with Crippen LogP contribution >= 0.6 is 0 Å². The lowest BCUT2D eigenvalue weighted by Gasteiger charge is -2.11. The summed E-state index contributed by atoms with van der Waals surface area (Å²) in [5.41, 5.74) is -1.28. The highest BCUT2D eigenvalue weighted by atomic mass is 19.3. The van der Waals surface area contributed by atoms with Gasteiger partial charge in [-0.25, -0.2) is 13.6 Å². The second-order valence-corrected chi connectivity index (χ2v) is 4.40. The average molecular weight is 310 g/mol. The molecule has 8 heteroatoms. The van der Waals surface area contributed by atoms with E-state index in [1.807, 2.05) is 0 Å². The molecule has 1 heterocycles. The van der Waals surface area contributed by atoms with Crippen LogP contribution in [0.4, 0.5) is 8.78 Å². The molecule has 0 aliphatic heterocycles. The Bertz CT molecular complexity index is 759. The molecular weight excluding hydrogens is 298 g/mol. The van der Waals surface area contributed by atoms with Gasteiger partial charge in [0, 0.05) is 18.8 Å². The minimum Gasteiger partial charge on any atom is -0.487 e. The Kier molecular flexibility index (Phi) is 4.50. The molecule has 0 saturated heterocycles. The van der Waals surface area contributed by atoms with Crippen LogP contribution in [0.2, 0.25) is 0 Å². The van der Waals surface area contributed by atoms with E-state index in [1.54, 1.807) is 12.1 Å². The van der Waals surface area contributed by atoms with E-state index in [0.717, 1.165) is 6.20 Å². The number of carboxylic acids is 1. The number of carboxylic acid groups (broad SMARTS) is 1. The number of aryl methyl sites for hydroxylation is 1. The summed E-state index contributed by atoms with van der Waals surface area (Å²) < 4.78 is 30.7. The van der Waals surface area contributed by atoms with E-state index in [0.29, 0.717) is 0 Å². The van der Waals surface area contributed by atoms with E-state index >= 15 is 0 Å². The van der Waals surface area contributed by atoms with Gasteiger partial charge in [-0.05, 0) is 12.1 Å². The van der Waals surface area contributed by atoms with Gasteiger partial charge in [-0.1, -0.05) is 12.1 Å². The van der Waals surface area contributed by atoms with Crippen LogP contribution in [0.1, 0.15) is 10.4 Å². The largest absolute Gasteiger partial charge is 0.487 e. The lowest BCUT2D eigenvalue weighted by Crippen LogP contribution is -2.22. The van der Waals surface area contributed by atoms with Crippen LogP contribution < -0.4 is 10.2 Å². The van der Waals surface area contributed by atoms with Crippen LogP contribution in [-0.2, 0) is 7.05 Å². The summed E-state index contributed by atoms with van der Waals surface area (Å²) in [6, 6.07) is 5.98. The number of hydrogen-bond donors (Lipinski definition) is 1. The third-order valence-electron chi connectivity index (χ3n) is 2.77. The van der Waals surface area contributed by atoms with Crippen molar-refractivity contribution in [1.82, 2.24) is 9.78 Å². The van der Waals surface area contributed by atoms with Gasteiger partial charge in [0.05, 0.1) is 0 Å². The molecule has 116 valence electrons. The van der Waals surface area contributed by atoms with Crippen LogP contribution in [-0.4, -0.2) is 33.9 Å². The smallest absolute Gasteiger partial charge is 0.341 e. The Balaban J connectivity index is 2.57. The summed E-state index contributed by atoms with van der Waals surface area (Å²) in [7, 11) is 1.46. The second kappa shape index (κ2) is 6.33. The number of benzene rings is 1. The first-order valence-corrected chi connectivity index (χ1v) is 6.21. The van der Waals surface area contributed by atoms with E-state index in [1.165, 1.54) is 23.9 Å². The van der Waals surface area contributed by atoms with E-state index in [2.05, 4.69) is 5.10 Å². The highest BCUT2D eigenvalue weighted by Crippen LogP contribution is 2.26. The number of nitrogens with zero attached hydrogens (tertiary/aromatic N) is 2. The lowest BCUT2D eigenvalue weighted by molar-refractivity contribution is 0.0694. The van der Waals surface area contributed by atoms with Crippen LogP contribution in [0, 0.1) is 0 Å².